The lowest BCUT2D eigenvalue weighted by Gasteiger charge is -1.94. The van der Waals surface area contributed by atoms with E-state index in [1.54, 1.807) is 4.68 Å². The SMILES string of the molecule is CCc1ccc2c(nnn2C)n1. The molecule has 0 bridgehead atoms. The fourth-order valence-corrected chi connectivity index (χ4v) is 1.16. The molecule has 0 unspecified atom stereocenters. The molecule has 2 heterocycles. The third-order valence-electron chi connectivity index (χ3n) is 1.90. The van der Waals surface area contributed by atoms with Gasteiger partial charge in [0.25, 0.3) is 0 Å². The minimum Gasteiger partial charge on any atom is -0.246 e. The number of aromatic nitrogens is 4. The van der Waals surface area contributed by atoms with E-state index in [0.717, 1.165) is 23.3 Å². The maximum Gasteiger partial charge on any atom is 0.201 e. The molecule has 4 heteroatoms. The van der Waals surface area contributed by atoms with E-state index in [1.165, 1.54) is 0 Å². The molecule has 2 aromatic heterocycles. The van der Waals surface area contributed by atoms with E-state index < -0.39 is 0 Å². The number of pyridine rings is 1. The fourth-order valence-electron chi connectivity index (χ4n) is 1.16. The van der Waals surface area contributed by atoms with Crippen molar-refractivity contribution in [3.05, 3.63) is 17.8 Å². The Morgan fingerprint density at radius 1 is 1.42 bits per heavy atom. The fraction of sp³-hybridized carbons (Fsp3) is 0.375. The molecule has 0 aromatic carbocycles. The number of nitrogens with zero attached hydrogens (tertiary/aromatic N) is 4. The largest absolute Gasteiger partial charge is 0.246 e. The predicted molar refractivity (Wildman–Crippen MR) is 45.7 cm³/mol. The molecular formula is C8H10N4. The van der Waals surface area contributed by atoms with Crippen LogP contribution in [0.2, 0.25) is 0 Å². The standard InChI is InChI=1S/C8H10N4/c1-3-6-4-5-7-8(9-6)10-11-12(7)2/h4-5H,3H2,1-2H3. The number of hydrogen-bond donors (Lipinski definition) is 0. The first-order chi connectivity index (χ1) is 5.81. The van der Waals surface area contributed by atoms with Crippen molar-refractivity contribution in [2.45, 2.75) is 13.3 Å². The lowest BCUT2D eigenvalue weighted by atomic mass is 10.3. The molecule has 2 rings (SSSR count). The Morgan fingerprint density at radius 3 is 3.00 bits per heavy atom. The van der Waals surface area contributed by atoms with Crippen LogP contribution in [0, 0.1) is 0 Å². The highest BCUT2D eigenvalue weighted by Crippen LogP contribution is 2.07. The Bertz CT molecular complexity index is 404. The predicted octanol–water partition coefficient (Wildman–Crippen LogP) is 0.926. The summed E-state index contributed by atoms with van der Waals surface area (Å²) in [5.74, 6) is 0. The Kier molecular flexibility index (Phi) is 1.53. The van der Waals surface area contributed by atoms with E-state index in [4.69, 9.17) is 0 Å². The van der Waals surface area contributed by atoms with Gasteiger partial charge in [0.2, 0.25) is 5.65 Å². The second-order valence-electron chi connectivity index (χ2n) is 2.71. The molecule has 0 amide bonds. The molecule has 0 aliphatic rings. The maximum atomic E-state index is 4.32. The second-order valence-corrected chi connectivity index (χ2v) is 2.71. The summed E-state index contributed by atoms with van der Waals surface area (Å²) in [6.07, 6.45) is 0.937. The molecule has 2 aromatic rings. The summed E-state index contributed by atoms with van der Waals surface area (Å²) in [7, 11) is 1.86. The van der Waals surface area contributed by atoms with Gasteiger partial charge in [-0.25, -0.2) is 9.67 Å². The number of rotatable bonds is 1. The van der Waals surface area contributed by atoms with E-state index in [1.807, 2.05) is 19.2 Å². The molecule has 12 heavy (non-hydrogen) atoms. The summed E-state index contributed by atoms with van der Waals surface area (Å²) in [5.41, 5.74) is 2.77. The van der Waals surface area contributed by atoms with E-state index in [9.17, 15) is 0 Å². The van der Waals surface area contributed by atoms with E-state index >= 15 is 0 Å². The Labute approximate surface area is 70.2 Å². The van der Waals surface area contributed by atoms with E-state index in [0.29, 0.717) is 0 Å². The molecule has 0 N–H and O–H groups in total. The zero-order valence-corrected chi connectivity index (χ0v) is 7.15. The first kappa shape index (κ1) is 7.21. The first-order valence-corrected chi connectivity index (χ1v) is 3.96. The number of aryl methyl sites for hydroxylation is 2. The van der Waals surface area contributed by atoms with Crippen LogP contribution in [0.4, 0.5) is 0 Å². The van der Waals surface area contributed by atoms with Gasteiger partial charge in [-0.2, -0.15) is 0 Å². The van der Waals surface area contributed by atoms with Gasteiger partial charge in [0, 0.05) is 12.7 Å². The molecule has 0 saturated carbocycles. The zero-order chi connectivity index (χ0) is 8.55. The molecule has 0 saturated heterocycles. The number of hydrogen-bond acceptors (Lipinski definition) is 3. The smallest absolute Gasteiger partial charge is 0.201 e. The van der Waals surface area contributed by atoms with Crippen LogP contribution in [0.1, 0.15) is 12.6 Å². The summed E-state index contributed by atoms with van der Waals surface area (Å²) < 4.78 is 1.72. The minimum absolute atomic E-state index is 0.733. The van der Waals surface area contributed by atoms with Crippen LogP contribution in [-0.2, 0) is 13.5 Å². The Hall–Kier alpha value is -1.45. The van der Waals surface area contributed by atoms with Crippen LogP contribution in [0.5, 0.6) is 0 Å². The van der Waals surface area contributed by atoms with Crippen LogP contribution in [-0.4, -0.2) is 20.0 Å². The molecule has 4 nitrogen and oxygen atoms in total. The molecule has 0 fully saturated rings. The van der Waals surface area contributed by atoms with Gasteiger partial charge in [0.1, 0.15) is 5.52 Å². The summed E-state index contributed by atoms with van der Waals surface area (Å²) >= 11 is 0. The summed E-state index contributed by atoms with van der Waals surface area (Å²) in [6.45, 7) is 2.07. The third kappa shape index (κ3) is 0.958. The van der Waals surface area contributed by atoms with Crippen molar-refractivity contribution in [2.24, 2.45) is 7.05 Å². The molecular weight excluding hydrogens is 152 g/mol. The van der Waals surface area contributed by atoms with E-state index in [2.05, 4.69) is 22.2 Å². The molecule has 62 valence electrons. The lowest BCUT2D eigenvalue weighted by Crippen LogP contribution is -1.90. The highest BCUT2D eigenvalue weighted by molar-refractivity contribution is 5.69. The Morgan fingerprint density at radius 2 is 2.25 bits per heavy atom. The van der Waals surface area contributed by atoms with E-state index in [-0.39, 0.29) is 0 Å². The molecule has 0 radical (unpaired) electrons. The van der Waals surface area contributed by atoms with Crippen LogP contribution >= 0.6 is 0 Å². The third-order valence-corrected chi connectivity index (χ3v) is 1.90. The average molecular weight is 162 g/mol. The van der Waals surface area contributed by atoms with Gasteiger partial charge in [-0.3, -0.25) is 0 Å². The van der Waals surface area contributed by atoms with Crippen molar-refractivity contribution in [3.8, 4) is 0 Å². The van der Waals surface area contributed by atoms with Crippen molar-refractivity contribution in [1.29, 1.82) is 0 Å². The van der Waals surface area contributed by atoms with Gasteiger partial charge in [-0.05, 0) is 18.6 Å². The number of fused-ring (bicyclic) bond motifs is 1. The normalized spacial score (nSPS) is 10.8. The van der Waals surface area contributed by atoms with Gasteiger partial charge in [-0.15, -0.1) is 5.10 Å². The molecule has 0 spiro atoms. The van der Waals surface area contributed by atoms with Gasteiger partial charge < -0.3 is 0 Å². The van der Waals surface area contributed by atoms with Crippen LogP contribution in [0.25, 0.3) is 11.2 Å². The van der Waals surface area contributed by atoms with Crippen molar-refractivity contribution in [1.82, 2.24) is 20.0 Å². The summed E-state index contributed by atoms with van der Waals surface area (Å²) in [6, 6.07) is 4.01. The van der Waals surface area contributed by atoms with Crippen molar-refractivity contribution >= 4 is 11.2 Å². The van der Waals surface area contributed by atoms with Gasteiger partial charge in [0.15, 0.2) is 0 Å². The molecule has 0 aliphatic heterocycles. The average Bonchev–Trinajstić information content (AvgIpc) is 2.47. The highest BCUT2D eigenvalue weighted by Gasteiger charge is 2.01. The van der Waals surface area contributed by atoms with Crippen LogP contribution in [0.15, 0.2) is 12.1 Å². The van der Waals surface area contributed by atoms with Crippen LogP contribution in [0.3, 0.4) is 0 Å². The zero-order valence-electron chi connectivity index (χ0n) is 7.15. The monoisotopic (exact) mass is 162 g/mol. The summed E-state index contributed by atoms with van der Waals surface area (Å²) in [4.78, 5) is 4.32. The Balaban J connectivity index is 2.69. The van der Waals surface area contributed by atoms with Gasteiger partial charge in [-0.1, -0.05) is 12.1 Å². The second kappa shape index (κ2) is 2.55. The van der Waals surface area contributed by atoms with Gasteiger partial charge >= 0.3 is 0 Å². The summed E-state index contributed by atoms with van der Waals surface area (Å²) in [5, 5.41) is 7.80. The van der Waals surface area contributed by atoms with Crippen molar-refractivity contribution < 1.29 is 0 Å². The minimum atomic E-state index is 0.733. The quantitative estimate of drug-likeness (QED) is 0.626. The molecule has 0 atom stereocenters. The molecule has 0 aliphatic carbocycles. The topological polar surface area (TPSA) is 43.6 Å². The van der Waals surface area contributed by atoms with Crippen LogP contribution < -0.4 is 0 Å². The lowest BCUT2D eigenvalue weighted by molar-refractivity contribution is 0.736. The first-order valence-electron chi connectivity index (χ1n) is 3.96. The maximum absolute atomic E-state index is 4.32. The highest BCUT2D eigenvalue weighted by atomic mass is 15.4. The van der Waals surface area contributed by atoms with Crippen molar-refractivity contribution in [3.63, 3.8) is 0 Å². The van der Waals surface area contributed by atoms with Gasteiger partial charge in [0.05, 0.1) is 0 Å². The van der Waals surface area contributed by atoms with Crippen molar-refractivity contribution in [2.75, 3.05) is 0 Å².